The van der Waals surface area contributed by atoms with Gasteiger partial charge in [-0.1, -0.05) is 12.1 Å². The summed E-state index contributed by atoms with van der Waals surface area (Å²) in [4.78, 5) is 22.5. The van der Waals surface area contributed by atoms with Crippen molar-refractivity contribution < 1.29 is 22.8 Å². The Morgan fingerprint density at radius 3 is 2.32 bits per heavy atom. The summed E-state index contributed by atoms with van der Waals surface area (Å²) >= 11 is 0. The van der Waals surface area contributed by atoms with E-state index >= 15 is 0 Å². The smallest absolute Gasteiger partial charge is 0.319 e. The van der Waals surface area contributed by atoms with Gasteiger partial charge < -0.3 is 10.1 Å². The van der Waals surface area contributed by atoms with E-state index in [0.29, 0.717) is 12.8 Å². The minimum absolute atomic E-state index is 0.0424. The molecular formula is C13H14F3NO2. The summed E-state index contributed by atoms with van der Waals surface area (Å²) in [5, 5.41) is 2.78. The number of rotatable bonds is 6. The number of carbonyl (C=O) groups is 2. The predicted molar refractivity (Wildman–Crippen MR) is 63.9 cm³/mol. The van der Waals surface area contributed by atoms with Crippen LogP contribution in [0.15, 0.2) is 24.3 Å². The van der Waals surface area contributed by atoms with Crippen LogP contribution < -0.4 is 5.32 Å². The van der Waals surface area contributed by atoms with Crippen molar-refractivity contribution in [2.24, 2.45) is 5.92 Å². The Morgan fingerprint density at radius 2 is 1.89 bits per heavy atom. The SMILES string of the molecule is CNCC(CC=O)C(=O)c1ccc(C(F)(F)F)cc1. The molecule has 1 atom stereocenters. The van der Waals surface area contributed by atoms with E-state index in [0.717, 1.165) is 24.3 Å². The zero-order valence-electron chi connectivity index (χ0n) is 10.3. The molecule has 3 nitrogen and oxygen atoms in total. The number of Topliss-reactive ketones (excluding diaryl/α,β-unsaturated/α-hetero) is 1. The molecule has 104 valence electrons. The Kier molecular flexibility index (Phi) is 5.23. The van der Waals surface area contributed by atoms with Gasteiger partial charge in [0, 0.05) is 24.4 Å². The fraction of sp³-hybridized carbons (Fsp3) is 0.385. The molecule has 0 aromatic heterocycles. The highest BCUT2D eigenvalue weighted by Crippen LogP contribution is 2.29. The molecule has 0 radical (unpaired) electrons. The van der Waals surface area contributed by atoms with E-state index in [1.54, 1.807) is 7.05 Å². The van der Waals surface area contributed by atoms with Crippen molar-refractivity contribution >= 4 is 12.1 Å². The lowest BCUT2D eigenvalue weighted by molar-refractivity contribution is -0.137. The number of ketones is 1. The van der Waals surface area contributed by atoms with Crippen LogP contribution in [-0.2, 0) is 11.0 Å². The Bertz CT molecular complexity index is 440. The standard InChI is InChI=1S/C13H14F3NO2/c1-17-8-10(6-7-18)12(19)9-2-4-11(5-3-9)13(14,15)16/h2-5,7,10,17H,6,8H2,1H3. The highest BCUT2D eigenvalue weighted by atomic mass is 19.4. The summed E-state index contributed by atoms with van der Waals surface area (Å²) < 4.78 is 37.1. The van der Waals surface area contributed by atoms with Crippen molar-refractivity contribution in [1.82, 2.24) is 5.32 Å². The third-order valence-electron chi connectivity index (χ3n) is 2.70. The second kappa shape index (κ2) is 6.47. The average molecular weight is 273 g/mol. The topological polar surface area (TPSA) is 46.2 Å². The van der Waals surface area contributed by atoms with Crippen molar-refractivity contribution in [1.29, 1.82) is 0 Å². The van der Waals surface area contributed by atoms with Crippen molar-refractivity contribution in [2.75, 3.05) is 13.6 Å². The average Bonchev–Trinajstić information content (AvgIpc) is 2.37. The summed E-state index contributed by atoms with van der Waals surface area (Å²) in [5.41, 5.74) is -0.625. The lowest BCUT2D eigenvalue weighted by atomic mass is 9.94. The number of nitrogens with one attached hydrogen (secondary N) is 1. The van der Waals surface area contributed by atoms with Gasteiger partial charge in [0.15, 0.2) is 5.78 Å². The van der Waals surface area contributed by atoms with Gasteiger partial charge in [-0.05, 0) is 19.2 Å². The molecule has 0 aliphatic carbocycles. The molecule has 0 bridgehead atoms. The minimum Gasteiger partial charge on any atom is -0.319 e. The van der Waals surface area contributed by atoms with Crippen LogP contribution in [0.5, 0.6) is 0 Å². The van der Waals surface area contributed by atoms with Crippen molar-refractivity contribution in [3.8, 4) is 0 Å². The Hall–Kier alpha value is -1.69. The molecule has 1 N–H and O–H groups in total. The molecular weight excluding hydrogens is 259 g/mol. The van der Waals surface area contributed by atoms with Gasteiger partial charge in [-0.25, -0.2) is 0 Å². The summed E-state index contributed by atoms with van der Waals surface area (Å²) in [5.74, 6) is -0.894. The zero-order valence-corrected chi connectivity index (χ0v) is 10.3. The Balaban J connectivity index is 2.90. The fourth-order valence-electron chi connectivity index (χ4n) is 1.70. The predicted octanol–water partition coefficient (Wildman–Crippen LogP) is 2.31. The van der Waals surface area contributed by atoms with Gasteiger partial charge in [0.05, 0.1) is 5.56 Å². The number of benzene rings is 1. The van der Waals surface area contributed by atoms with Crippen molar-refractivity contribution in [2.45, 2.75) is 12.6 Å². The molecule has 6 heteroatoms. The van der Waals surface area contributed by atoms with Crippen molar-refractivity contribution in [3.63, 3.8) is 0 Å². The monoisotopic (exact) mass is 273 g/mol. The largest absolute Gasteiger partial charge is 0.416 e. The minimum atomic E-state index is -4.42. The van der Waals surface area contributed by atoms with Gasteiger partial charge in [0.25, 0.3) is 0 Å². The highest BCUT2D eigenvalue weighted by Gasteiger charge is 2.30. The molecule has 1 unspecified atom stereocenters. The molecule has 0 saturated heterocycles. The fourth-order valence-corrected chi connectivity index (χ4v) is 1.70. The van der Waals surface area contributed by atoms with Gasteiger partial charge in [-0.2, -0.15) is 13.2 Å². The maximum Gasteiger partial charge on any atom is 0.416 e. The highest BCUT2D eigenvalue weighted by molar-refractivity contribution is 5.99. The summed E-state index contributed by atoms with van der Waals surface area (Å²) in [6.07, 6.45) is -3.75. The first-order chi connectivity index (χ1) is 8.90. The molecule has 1 aromatic carbocycles. The van der Waals surface area contributed by atoms with Gasteiger partial charge >= 0.3 is 6.18 Å². The number of carbonyl (C=O) groups excluding carboxylic acids is 2. The van der Waals surface area contributed by atoms with Crippen LogP contribution in [0.1, 0.15) is 22.3 Å². The molecule has 0 saturated carbocycles. The Morgan fingerprint density at radius 1 is 1.32 bits per heavy atom. The van der Waals surface area contributed by atoms with E-state index in [1.165, 1.54) is 0 Å². The van der Waals surface area contributed by atoms with E-state index < -0.39 is 17.7 Å². The van der Waals surface area contributed by atoms with Crippen LogP contribution in [0.3, 0.4) is 0 Å². The lowest BCUT2D eigenvalue weighted by Gasteiger charge is -2.13. The van der Waals surface area contributed by atoms with Crippen LogP contribution in [-0.4, -0.2) is 25.7 Å². The first kappa shape index (κ1) is 15.4. The summed E-state index contributed by atoms with van der Waals surface area (Å²) in [6.45, 7) is 0.304. The van der Waals surface area contributed by atoms with Gasteiger partial charge in [0.2, 0.25) is 0 Å². The molecule has 0 aliphatic heterocycles. The number of hydrogen-bond acceptors (Lipinski definition) is 3. The normalized spacial score (nSPS) is 13.1. The van der Waals surface area contributed by atoms with Crippen molar-refractivity contribution in [3.05, 3.63) is 35.4 Å². The van der Waals surface area contributed by atoms with Gasteiger partial charge in [-0.15, -0.1) is 0 Å². The molecule has 1 rings (SSSR count). The van der Waals surface area contributed by atoms with Crippen LogP contribution in [0.25, 0.3) is 0 Å². The second-order valence-electron chi connectivity index (χ2n) is 4.10. The summed E-state index contributed by atoms with van der Waals surface area (Å²) in [7, 11) is 1.64. The molecule has 0 heterocycles. The third-order valence-corrected chi connectivity index (χ3v) is 2.70. The van der Waals surface area contributed by atoms with E-state index in [1.807, 2.05) is 0 Å². The maximum atomic E-state index is 12.4. The summed E-state index contributed by atoms with van der Waals surface area (Å²) in [6, 6.07) is 4.01. The molecule has 19 heavy (non-hydrogen) atoms. The van der Waals surface area contributed by atoms with Gasteiger partial charge in [-0.3, -0.25) is 4.79 Å². The van der Waals surface area contributed by atoms with E-state index in [4.69, 9.17) is 0 Å². The number of aldehydes is 1. The number of alkyl halides is 3. The molecule has 0 aliphatic rings. The number of hydrogen-bond donors (Lipinski definition) is 1. The van der Waals surface area contributed by atoms with Gasteiger partial charge in [0.1, 0.15) is 6.29 Å². The first-order valence-electron chi connectivity index (χ1n) is 5.70. The zero-order chi connectivity index (χ0) is 14.5. The third kappa shape index (κ3) is 4.17. The number of halogens is 3. The Labute approximate surface area is 108 Å². The maximum absolute atomic E-state index is 12.4. The molecule has 0 amide bonds. The molecule has 0 spiro atoms. The van der Waals surface area contributed by atoms with Crippen LogP contribution in [0, 0.1) is 5.92 Å². The van der Waals surface area contributed by atoms with E-state index in [9.17, 15) is 22.8 Å². The van der Waals surface area contributed by atoms with Crippen LogP contribution >= 0.6 is 0 Å². The van der Waals surface area contributed by atoms with Crippen LogP contribution in [0.4, 0.5) is 13.2 Å². The van der Waals surface area contributed by atoms with Crippen LogP contribution in [0.2, 0.25) is 0 Å². The van der Waals surface area contributed by atoms with E-state index in [2.05, 4.69) is 5.32 Å². The molecule has 1 aromatic rings. The first-order valence-corrected chi connectivity index (χ1v) is 5.70. The lowest BCUT2D eigenvalue weighted by Crippen LogP contribution is -2.26. The second-order valence-corrected chi connectivity index (χ2v) is 4.10. The van der Waals surface area contributed by atoms with E-state index in [-0.39, 0.29) is 17.8 Å². The quantitative estimate of drug-likeness (QED) is 0.639. The molecule has 0 fully saturated rings.